The van der Waals surface area contributed by atoms with Crippen molar-refractivity contribution >= 4 is 50.6 Å². The lowest BCUT2D eigenvalue weighted by atomic mass is 10.3. The van der Waals surface area contributed by atoms with Gasteiger partial charge in [-0.25, -0.2) is 4.98 Å². The second-order valence-electron chi connectivity index (χ2n) is 4.54. The van der Waals surface area contributed by atoms with Gasteiger partial charge in [0.1, 0.15) is 0 Å². The monoisotopic (exact) mass is 334 g/mol. The summed E-state index contributed by atoms with van der Waals surface area (Å²) in [6.45, 7) is 2.01. The molecule has 0 aliphatic heterocycles. The minimum absolute atomic E-state index is 0.0418. The van der Waals surface area contributed by atoms with Crippen LogP contribution in [0.25, 0.3) is 10.2 Å². The zero-order valence-corrected chi connectivity index (χ0v) is 13.9. The Bertz CT molecular complexity index is 703. The molecule has 0 aliphatic carbocycles. The highest BCUT2D eigenvalue weighted by Gasteiger charge is 2.12. The van der Waals surface area contributed by atoms with Crippen LogP contribution in [0.5, 0.6) is 0 Å². The van der Waals surface area contributed by atoms with E-state index in [-0.39, 0.29) is 11.9 Å². The van der Waals surface area contributed by atoms with Gasteiger partial charge >= 0.3 is 0 Å². The first-order valence-electron chi connectivity index (χ1n) is 6.53. The van der Waals surface area contributed by atoms with E-state index in [1.54, 1.807) is 22.7 Å². The van der Waals surface area contributed by atoms with Crippen molar-refractivity contribution in [1.82, 2.24) is 10.3 Å². The molecule has 108 valence electrons. The van der Waals surface area contributed by atoms with Crippen molar-refractivity contribution in [3.05, 3.63) is 46.7 Å². The Balaban J connectivity index is 1.56. The maximum absolute atomic E-state index is 12.0. The van der Waals surface area contributed by atoms with Gasteiger partial charge in [-0.05, 0) is 30.5 Å². The van der Waals surface area contributed by atoms with Crippen LogP contribution < -0.4 is 5.32 Å². The summed E-state index contributed by atoms with van der Waals surface area (Å²) in [4.78, 5) is 17.7. The van der Waals surface area contributed by atoms with Gasteiger partial charge in [-0.2, -0.15) is 0 Å². The van der Waals surface area contributed by atoms with Crippen LogP contribution in [-0.4, -0.2) is 16.6 Å². The number of fused-ring (bicyclic) bond motifs is 1. The molecular formula is C15H14N2OS3. The number of para-hydroxylation sites is 1. The maximum Gasteiger partial charge on any atom is 0.230 e. The molecule has 2 heterocycles. The minimum atomic E-state index is 0.0418. The Morgan fingerprint density at radius 1 is 1.33 bits per heavy atom. The highest BCUT2D eigenvalue weighted by Crippen LogP contribution is 2.29. The van der Waals surface area contributed by atoms with Crippen molar-refractivity contribution < 1.29 is 4.79 Å². The highest BCUT2D eigenvalue weighted by atomic mass is 32.2. The molecule has 3 rings (SSSR count). The van der Waals surface area contributed by atoms with Crippen LogP contribution in [-0.2, 0) is 4.79 Å². The molecule has 0 saturated carbocycles. The number of aromatic nitrogens is 1. The van der Waals surface area contributed by atoms with Crippen LogP contribution in [0.4, 0.5) is 0 Å². The fraction of sp³-hybridized carbons (Fsp3) is 0.200. The molecule has 0 bridgehead atoms. The average Bonchev–Trinajstić information content (AvgIpc) is 3.14. The van der Waals surface area contributed by atoms with Gasteiger partial charge in [-0.1, -0.05) is 30.0 Å². The number of thiazole rings is 1. The van der Waals surface area contributed by atoms with Crippen molar-refractivity contribution in [2.75, 3.05) is 5.75 Å². The molecule has 2 aromatic heterocycles. The van der Waals surface area contributed by atoms with Crippen LogP contribution in [0.15, 0.2) is 46.1 Å². The van der Waals surface area contributed by atoms with E-state index in [2.05, 4.69) is 16.4 Å². The predicted octanol–water partition coefficient (Wildman–Crippen LogP) is 4.33. The second kappa shape index (κ2) is 6.60. The number of hydrogen-bond donors (Lipinski definition) is 1. The molecule has 0 radical (unpaired) electrons. The SMILES string of the molecule is CC(NC(=O)CSc1nc2ccccc2s1)c1cccs1. The smallest absolute Gasteiger partial charge is 0.230 e. The number of rotatable bonds is 5. The van der Waals surface area contributed by atoms with E-state index in [1.807, 2.05) is 42.6 Å². The summed E-state index contributed by atoms with van der Waals surface area (Å²) >= 11 is 4.78. The van der Waals surface area contributed by atoms with Crippen LogP contribution in [0.2, 0.25) is 0 Å². The van der Waals surface area contributed by atoms with E-state index in [0.717, 1.165) is 14.6 Å². The van der Waals surface area contributed by atoms with Crippen molar-refractivity contribution in [1.29, 1.82) is 0 Å². The third-order valence-corrected chi connectivity index (χ3v) is 6.18. The number of hydrogen-bond acceptors (Lipinski definition) is 5. The number of thiophene rings is 1. The summed E-state index contributed by atoms with van der Waals surface area (Å²) in [5, 5.41) is 5.04. The third-order valence-electron chi connectivity index (χ3n) is 2.95. The van der Waals surface area contributed by atoms with Gasteiger partial charge in [0.25, 0.3) is 0 Å². The van der Waals surface area contributed by atoms with Gasteiger partial charge in [0.15, 0.2) is 4.34 Å². The largest absolute Gasteiger partial charge is 0.348 e. The first-order valence-corrected chi connectivity index (χ1v) is 9.21. The Morgan fingerprint density at radius 3 is 2.95 bits per heavy atom. The molecule has 1 atom stereocenters. The lowest BCUT2D eigenvalue weighted by Crippen LogP contribution is -2.27. The molecule has 3 nitrogen and oxygen atoms in total. The number of nitrogens with zero attached hydrogens (tertiary/aromatic N) is 1. The van der Waals surface area contributed by atoms with Gasteiger partial charge < -0.3 is 5.32 Å². The van der Waals surface area contributed by atoms with Gasteiger partial charge in [0, 0.05) is 4.88 Å². The predicted molar refractivity (Wildman–Crippen MR) is 91.2 cm³/mol. The fourth-order valence-electron chi connectivity index (χ4n) is 1.93. The fourth-order valence-corrected chi connectivity index (χ4v) is 4.55. The molecule has 0 aliphatic rings. The topological polar surface area (TPSA) is 42.0 Å². The zero-order chi connectivity index (χ0) is 14.7. The standard InChI is InChI=1S/C15H14N2OS3/c1-10(12-7-4-8-19-12)16-14(18)9-20-15-17-11-5-2-3-6-13(11)21-15/h2-8,10H,9H2,1H3,(H,16,18). The van der Waals surface area contributed by atoms with E-state index < -0.39 is 0 Å². The number of amides is 1. The Hall–Kier alpha value is -1.37. The summed E-state index contributed by atoms with van der Waals surface area (Å²) in [6.07, 6.45) is 0. The summed E-state index contributed by atoms with van der Waals surface area (Å²) in [6, 6.07) is 12.1. The van der Waals surface area contributed by atoms with E-state index >= 15 is 0 Å². The molecule has 0 saturated heterocycles. The average molecular weight is 334 g/mol. The van der Waals surface area contributed by atoms with Crippen molar-refractivity contribution in [3.63, 3.8) is 0 Å². The molecule has 0 fully saturated rings. The molecule has 1 N–H and O–H groups in total. The third kappa shape index (κ3) is 3.64. The summed E-state index contributed by atoms with van der Waals surface area (Å²) in [5.74, 6) is 0.440. The van der Waals surface area contributed by atoms with Crippen LogP contribution >= 0.6 is 34.4 Å². The second-order valence-corrected chi connectivity index (χ2v) is 7.77. The Morgan fingerprint density at radius 2 is 2.19 bits per heavy atom. The van der Waals surface area contributed by atoms with Crippen LogP contribution in [0.1, 0.15) is 17.8 Å². The first kappa shape index (κ1) is 14.6. The molecule has 1 unspecified atom stereocenters. The summed E-state index contributed by atoms with van der Waals surface area (Å²) < 4.78 is 2.10. The number of thioether (sulfide) groups is 1. The minimum Gasteiger partial charge on any atom is -0.348 e. The maximum atomic E-state index is 12.0. The lowest BCUT2D eigenvalue weighted by molar-refractivity contribution is -0.119. The van der Waals surface area contributed by atoms with Crippen LogP contribution in [0.3, 0.4) is 0 Å². The van der Waals surface area contributed by atoms with E-state index in [9.17, 15) is 4.79 Å². The van der Waals surface area contributed by atoms with Gasteiger partial charge in [-0.15, -0.1) is 22.7 Å². The first-order chi connectivity index (χ1) is 10.2. The van der Waals surface area contributed by atoms with E-state index in [1.165, 1.54) is 16.6 Å². The normalized spacial score (nSPS) is 12.4. The van der Waals surface area contributed by atoms with E-state index in [4.69, 9.17) is 0 Å². The molecule has 1 aromatic carbocycles. The number of carbonyl (C=O) groups is 1. The van der Waals surface area contributed by atoms with Crippen molar-refractivity contribution in [2.45, 2.75) is 17.3 Å². The Labute approximate surface area is 135 Å². The number of carbonyl (C=O) groups excluding carboxylic acids is 1. The molecule has 3 aromatic rings. The van der Waals surface area contributed by atoms with Crippen molar-refractivity contribution in [2.24, 2.45) is 0 Å². The summed E-state index contributed by atoms with van der Waals surface area (Å²) in [5.41, 5.74) is 0.998. The van der Waals surface area contributed by atoms with Gasteiger partial charge in [0.05, 0.1) is 22.0 Å². The quantitative estimate of drug-likeness (QED) is 0.706. The van der Waals surface area contributed by atoms with Crippen molar-refractivity contribution in [3.8, 4) is 0 Å². The Kier molecular flexibility index (Phi) is 4.57. The zero-order valence-electron chi connectivity index (χ0n) is 11.4. The van der Waals surface area contributed by atoms with E-state index in [0.29, 0.717) is 5.75 Å². The summed E-state index contributed by atoms with van der Waals surface area (Å²) in [7, 11) is 0. The molecule has 21 heavy (non-hydrogen) atoms. The molecule has 6 heteroatoms. The molecule has 1 amide bonds. The van der Waals surface area contributed by atoms with Gasteiger partial charge in [-0.3, -0.25) is 4.79 Å². The lowest BCUT2D eigenvalue weighted by Gasteiger charge is -2.11. The van der Waals surface area contributed by atoms with Crippen LogP contribution in [0, 0.1) is 0 Å². The highest BCUT2D eigenvalue weighted by molar-refractivity contribution is 8.01. The van der Waals surface area contributed by atoms with Gasteiger partial charge in [0.2, 0.25) is 5.91 Å². The number of benzene rings is 1. The number of nitrogens with one attached hydrogen (secondary N) is 1. The molecular weight excluding hydrogens is 320 g/mol. The molecule has 0 spiro atoms.